The smallest absolute Gasteiger partial charge is 0.433 e. The van der Waals surface area contributed by atoms with Gasteiger partial charge in [-0.15, -0.1) is 0 Å². The topological polar surface area (TPSA) is 51.2 Å². The molecule has 1 N–H and O–H groups in total. The minimum Gasteiger partial charge on any atom is -0.490 e. The van der Waals surface area contributed by atoms with Gasteiger partial charge in [-0.25, -0.2) is 4.98 Å². The van der Waals surface area contributed by atoms with Crippen LogP contribution in [0.1, 0.15) is 41.7 Å². The highest BCUT2D eigenvalue weighted by Gasteiger charge is 2.34. The molecule has 0 aliphatic heterocycles. The van der Waals surface area contributed by atoms with E-state index in [1.165, 1.54) is 0 Å². The van der Waals surface area contributed by atoms with Crippen LogP contribution in [0, 0.1) is 5.92 Å². The van der Waals surface area contributed by atoms with Gasteiger partial charge >= 0.3 is 6.18 Å². The number of fused-ring (bicyclic) bond motifs is 1. The first-order valence-corrected chi connectivity index (χ1v) is 10.8. The van der Waals surface area contributed by atoms with Crippen molar-refractivity contribution in [2.75, 3.05) is 6.54 Å². The van der Waals surface area contributed by atoms with E-state index in [0.717, 1.165) is 18.9 Å². The van der Waals surface area contributed by atoms with Crippen molar-refractivity contribution in [3.05, 3.63) is 70.9 Å². The number of pyridine rings is 1. The lowest BCUT2D eigenvalue weighted by molar-refractivity contribution is -0.141. The van der Waals surface area contributed by atoms with E-state index in [0.29, 0.717) is 41.3 Å². The summed E-state index contributed by atoms with van der Waals surface area (Å²) in [5, 5.41) is 4.09. The number of nitrogens with zero attached hydrogens (tertiary/aromatic N) is 1. The Morgan fingerprint density at radius 2 is 1.75 bits per heavy atom. The van der Waals surface area contributed by atoms with Crippen LogP contribution >= 0.6 is 11.6 Å². The number of ether oxygens (including phenoxy) is 1. The Bertz CT molecular complexity index is 1090. The molecule has 4 nitrogen and oxygen atoms in total. The Labute approximate surface area is 188 Å². The third-order valence-corrected chi connectivity index (χ3v) is 5.97. The summed E-state index contributed by atoms with van der Waals surface area (Å²) < 4.78 is 45.8. The Hall–Kier alpha value is -2.80. The molecule has 1 heterocycles. The van der Waals surface area contributed by atoms with Crippen LogP contribution in [-0.2, 0) is 6.18 Å². The average Bonchev–Trinajstić information content (AvgIpc) is 2.78. The quantitative estimate of drug-likeness (QED) is 0.486. The first kappa shape index (κ1) is 22.4. The van der Waals surface area contributed by atoms with Crippen molar-refractivity contribution in [1.29, 1.82) is 0 Å². The third-order valence-electron chi connectivity index (χ3n) is 5.71. The van der Waals surface area contributed by atoms with E-state index in [-0.39, 0.29) is 23.3 Å². The highest BCUT2D eigenvalue weighted by atomic mass is 35.5. The zero-order valence-corrected chi connectivity index (χ0v) is 17.9. The fourth-order valence-electron chi connectivity index (χ4n) is 3.96. The van der Waals surface area contributed by atoms with Crippen molar-refractivity contribution < 1.29 is 22.7 Å². The van der Waals surface area contributed by atoms with Crippen LogP contribution in [0.2, 0.25) is 5.02 Å². The van der Waals surface area contributed by atoms with Crippen LogP contribution < -0.4 is 10.1 Å². The van der Waals surface area contributed by atoms with E-state index < -0.39 is 11.9 Å². The third kappa shape index (κ3) is 5.33. The summed E-state index contributed by atoms with van der Waals surface area (Å²) in [6.45, 7) is 0.546. The molecule has 0 spiro atoms. The number of para-hydroxylation sites is 1. The molecule has 4 rings (SSSR count). The molecule has 8 heteroatoms. The van der Waals surface area contributed by atoms with Gasteiger partial charge in [0.2, 0.25) is 0 Å². The zero-order valence-electron chi connectivity index (χ0n) is 17.2. The monoisotopic (exact) mass is 462 g/mol. The number of carbonyl (C=O) groups excluding carboxylic acids is 1. The van der Waals surface area contributed by atoms with E-state index in [4.69, 9.17) is 16.3 Å². The molecular weight excluding hydrogens is 441 g/mol. The lowest BCUT2D eigenvalue weighted by atomic mass is 9.87. The van der Waals surface area contributed by atoms with Crippen LogP contribution in [0.5, 0.6) is 5.75 Å². The maximum absolute atomic E-state index is 13.3. The highest BCUT2D eigenvalue weighted by Crippen LogP contribution is 2.36. The van der Waals surface area contributed by atoms with E-state index in [9.17, 15) is 18.0 Å². The second-order valence-electron chi connectivity index (χ2n) is 8.00. The summed E-state index contributed by atoms with van der Waals surface area (Å²) in [5.41, 5.74) is -0.142. The van der Waals surface area contributed by atoms with Crippen LogP contribution in [0.25, 0.3) is 10.9 Å². The Balaban J connectivity index is 1.35. The zero-order chi connectivity index (χ0) is 22.7. The maximum Gasteiger partial charge on any atom is 0.433 e. The molecule has 32 heavy (non-hydrogen) atoms. The summed E-state index contributed by atoms with van der Waals surface area (Å²) in [6, 6.07) is 14.4. The summed E-state index contributed by atoms with van der Waals surface area (Å²) in [6.07, 6.45) is -1.66. The Morgan fingerprint density at radius 1 is 1.06 bits per heavy atom. The van der Waals surface area contributed by atoms with Gasteiger partial charge in [0.05, 0.1) is 11.6 Å². The maximum atomic E-state index is 13.3. The predicted octanol–water partition coefficient (Wildman–Crippen LogP) is 6.27. The van der Waals surface area contributed by atoms with E-state index in [1.807, 2.05) is 0 Å². The summed E-state index contributed by atoms with van der Waals surface area (Å²) >= 11 is 5.85. The van der Waals surface area contributed by atoms with Crippen molar-refractivity contribution in [2.45, 2.75) is 38.0 Å². The van der Waals surface area contributed by atoms with Crippen molar-refractivity contribution in [1.82, 2.24) is 10.3 Å². The number of amides is 1. The lowest BCUT2D eigenvalue weighted by Gasteiger charge is -2.29. The number of benzene rings is 2. The van der Waals surface area contributed by atoms with Gasteiger partial charge in [0.1, 0.15) is 11.4 Å². The molecule has 1 aliphatic rings. The molecule has 0 bridgehead atoms. The molecular formula is C24H22ClF3N2O2. The van der Waals surface area contributed by atoms with Gasteiger partial charge in [-0.3, -0.25) is 4.79 Å². The van der Waals surface area contributed by atoms with Crippen LogP contribution in [0.3, 0.4) is 0 Å². The lowest BCUT2D eigenvalue weighted by Crippen LogP contribution is -2.33. The number of alkyl halides is 3. The van der Waals surface area contributed by atoms with Crippen LogP contribution in [0.15, 0.2) is 54.6 Å². The largest absolute Gasteiger partial charge is 0.490 e. The van der Waals surface area contributed by atoms with Gasteiger partial charge < -0.3 is 10.1 Å². The van der Waals surface area contributed by atoms with Gasteiger partial charge in [-0.05, 0) is 68.0 Å². The summed E-state index contributed by atoms with van der Waals surface area (Å²) in [7, 11) is 0. The van der Waals surface area contributed by atoms with Crippen LogP contribution in [-0.4, -0.2) is 23.5 Å². The molecule has 1 aromatic heterocycles. The van der Waals surface area contributed by atoms with Crippen molar-refractivity contribution in [2.24, 2.45) is 5.92 Å². The summed E-state index contributed by atoms with van der Waals surface area (Å²) in [5.74, 6) is 0.358. The van der Waals surface area contributed by atoms with Crippen molar-refractivity contribution >= 4 is 28.4 Å². The number of carbonyl (C=O) groups is 1. The first-order valence-electron chi connectivity index (χ1n) is 10.5. The molecule has 2 aromatic carbocycles. The minimum atomic E-state index is -4.54. The molecule has 0 atom stereocenters. The fourth-order valence-corrected chi connectivity index (χ4v) is 4.09. The number of hydrogen-bond acceptors (Lipinski definition) is 3. The normalized spacial score (nSPS) is 19.0. The molecule has 0 unspecified atom stereocenters. The number of aromatic nitrogens is 1. The first-order chi connectivity index (χ1) is 15.3. The van der Waals surface area contributed by atoms with Crippen molar-refractivity contribution in [3.63, 3.8) is 0 Å². The standard InChI is InChI=1S/C24H22ClF3N2O2/c25-17-9-7-16(8-10-17)23(31)29-14-15-5-11-18(12-6-15)32-21-13-22(24(26,27)28)30-20-4-2-1-3-19(20)21/h1-4,7-10,13,15,18H,5-6,11-12,14H2,(H,29,31). The molecule has 0 radical (unpaired) electrons. The fraction of sp³-hybridized carbons (Fsp3) is 0.333. The molecule has 1 amide bonds. The van der Waals surface area contributed by atoms with Gasteiger partial charge in [0.25, 0.3) is 5.91 Å². The second kappa shape index (κ2) is 9.36. The van der Waals surface area contributed by atoms with Gasteiger partial charge in [0.15, 0.2) is 0 Å². The minimum absolute atomic E-state index is 0.150. The van der Waals surface area contributed by atoms with Crippen molar-refractivity contribution in [3.8, 4) is 5.75 Å². The van der Waals surface area contributed by atoms with E-state index in [1.54, 1.807) is 48.5 Å². The Kier molecular flexibility index (Phi) is 6.55. The average molecular weight is 463 g/mol. The predicted molar refractivity (Wildman–Crippen MR) is 117 cm³/mol. The second-order valence-corrected chi connectivity index (χ2v) is 8.43. The van der Waals surface area contributed by atoms with Crippen LogP contribution in [0.4, 0.5) is 13.2 Å². The van der Waals surface area contributed by atoms with E-state index in [2.05, 4.69) is 10.3 Å². The molecule has 0 saturated heterocycles. The van der Waals surface area contributed by atoms with Gasteiger partial charge in [0, 0.05) is 28.6 Å². The summed E-state index contributed by atoms with van der Waals surface area (Å²) in [4.78, 5) is 16.0. The number of nitrogens with one attached hydrogen (secondary N) is 1. The molecule has 1 aliphatic carbocycles. The molecule has 168 valence electrons. The van der Waals surface area contributed by atoms with Gasteiger partial charge in [-0.2, -0.15) is 13.2 Å². The SMILES string of the molecule is O=C(NCC1CCC(Oc2cc(C(F)(F)F)nc3ccccc23)CC1)c1ccc(Cl)cc1. The number of rotatable bonds is 5. The highest BCUT2D eigenvalue weighted by molar-refractivity contribution is 6.30. The number of hydrogen-bond donors (Lipinski definition) is 1. The Morgan fingerprint density at radius 3 is 2.44 bits per heavy atom. The molecule has 1 saturated carbocycles. The molecule has 3 aromatic rings. The van der Waals surface area contributed by atoms with E-state index >= 15 is 0 Å². The number of halogens is 4. The molecule has 1 fully saturated rings. The van der Waals surface area contributed by atoms with Gasteiger partial charge in [-0.1, -0.05) is 23.7 Å².